The van der Waals surface area contributed by atoms with Crippen molar-refractivity contribution in [3.05, 3.63) is 33.4 Å². The minimum atomic E-state index is -3.89. The van der Waals surface area contributed by atoms with Crippen molar-refractivity contribution in [1.82, 2.24) is 10.0 Å². The lowest BCUT2D eigenvalue weighted by molar-refractivity contribution is -0.388. The van der Waals surface area contributed by atoms with Crippen molar-refractivity contribution in [3.8, 4) is 0 Å². The molecule has 0 heterocycles. The number of nitrogens with zero attached hydrogens (tertiary/aromatic N) is 1. The molecule has 1 rings (SSSR count). The van der Waals surface area contributed by atoms with E-state index in [1.54, 1.807) is 26.1 Å². The molecule has 0 radical (unpaired) electrons. The molecule has 0 aliphatic carbocycles. The monoisotopic (exact) mass is 323 g/mol. The second kappa shape index (κ2) is 7.53. The number of nitro groups is 1. The summed E-state index contributed by atoms with van der Waals surface area (Å²) in [4.78, 5) is 10.2. The molecule has 0 aromatic heterocycles. The van der Waals surface area contributed by atoms with Crippen LogP contribution in [0.4, 0.5) is 5.69 Å². The van der Waals surface area contributed by atoms with E-state index in [0.717, 1.165) is 0 Å². The van der Waals surface area contributed by atoms with E-state index < -0.39 is 14.9 Å². The average Bonchev–Trinajstić information content (AvgIpc) is 2.31. The van der Waals surface area contributed by atoms with Crippen molar-refractivity contribution in [2.45, 2.75) is 18.7 Å². The van der Waals surface area contributed by atoms with E-state index in [-0.39, 0.29) is 29.5 Å². The van der Waals surface area contributed by atoms with Gasteiger partial charge in [-0.1, -0.05) is 12.1 Å². The smallest absolute Gasteiger partial charge is 0.292 e. The molecule has 7 nitrogen and oxygen atoms in total. The highest BCUT2D eigenvalue weighted by Crippen LogP contribution is 2.30. The molecule has 9 heteroatoms. The van der Waals surface area contributed by atoms with Crippen LogP contribution in [0.1, 0.15) is 11.1 Å². The zero-order valence-corrected chi connectivity index (χ0v) is 13.1. The topological polar surface area (TPSA) is 101 Å². The third-order valence-electron chi connectivity index (χ3n) is 2.65. The Labute approximate surface area is 124 Å². The standard InChI is InChI=1S/C11H17N3O4S.ClH/c1-8-4-5-9(2)11(10(8)14(15)16)19(17,18)13-7-6-12-3;/h4-5,12-13H,6-7H2,1-3H3;1H. The number of benzene rings is 1. The number of hydrogen-bond acceptors (Lipinski definition) is 5. The summed E-state index contributed by atoms with van der Waals surface area (Å²) in [5, 5.41) is 13.9. The van der Waals surface area contributed by atoms with Crippen molar-refractivity contribution >= 4 is 28.1 Å². The van der Waals surface area contributed by atoms with Crippen molar-refractivity contribution in [2.24, 2.45) is 0 Å². The van der Waals surface area contributed by atoms with Gasteiger partial charge < -0.3 is 5.32 Å². The average molecular weight is 324 g/mol. The van der Waals surface area contributed by atoms with Gasteiger partial charge in [-0.2, -0.15) is 0 Å². The highest BCUT2D eigenvalue weighted by molar-refractivity contribution is 7.89. The molecule has 0 aliphatic heterocycles. The summed E-state index contributed by atoms with van der Waals surface area (Å²) in [6.07, 6.45) is 0. The Balaban J connectivity index is 0.00000361. The molecule has 0 saturated carbocycles. The highest BCUT2D eigenvalue weighted by Gasteiger charge is 2.29. The maximum Gasteiger partial charge on any atom is 0.292 e. The predicted molar refractivity (Wildman–Crippen MR) is 78.9 cm³/mol. The van der Waals surface area contributed by atoms with Gasteiger partial charge in [0.05, 0.1) is 4.92 Å². The summed E-state index contributed by atoms with van der Waals surface area (Å²) in [6, 6.07) is 3.11. The largest absolute Gasteiger partial charge is 0.318 e. The first-order chi connectivity index (χ1) is 8.81. The number of nitrogens with one attached hydrogen (secondary N) is 2. The molecule has 0 amide bonds. The Bertz CT molecular complexity index is 590. The summed E-state index contributed by atoms with van der Waals surface area (Å²) < 4.78 is 26.7. The minimum Gasteiger partial charge on any atom is -0.318 e. The number of rotatable bonds is 6. The van der Waals surface area contributed by atoms with E-state index in [4.69, 9.17) is 0 Å². The van der Waals surface area contributed by atoms with E-state index in [9.17, 15) is 18.5 Å². The van der Waals surface area contributed by atoms with Crippen LogP contribution < -0.4 is 10.0 Å². The molecular weight excluding hydrogens is 306 g/mol. The van der Waals surface area contributed by atoms with Gasteiger partial charge in [0.15, 0.2) is 4.90 Å². The molecule has 20 heavy (non-hydrogen) atoms. The molecular formula is C11H18ClN3O4S. The minimum absolute atomic E-state index is 0. The molecule has 114 valence electrons. The van der Waals surface area contributed by atoms with Gasteiger partial charge in [-0.25, -0.2) is 13.1 Å². The third kappa shape index (κ3) is 4.14. The highest BCUT2D eigenvalue weighted by atomic mass is 35.5. The first kappa shape index (κ1) is 18.8. The molecule has 0 fully saturated rings. The number of halogens is 1. The number of nitro benzene ring substituents is 1. The SMILES string of the molecule is CNCCNS(=O)(=O)c1c(C)ccc(C)c1[N+](=O)[O-].Cl. The second-order valence-electron chi connectivity index (χ2n) is 4.14. The van der Waals surface area contributed by atoms with Gasteiger partial charge in [0.2, 0.25) is 10.0 Å². The van der Waals surface area contributed by atoms with Crippen molar-refractivity contribution in [3.63, 3.8) is 0 Å². The molecule has 0 bridgehead atoms. The Morgan fingerprint density at radius 3 is 2.25 bits per heavy atom. The van der Waals surface area contributed by atoms with Gasteiger partial charge >= 0.3 is 0 Å². The molecule has 0 atom stereocenters. The van der Waals surface area contributed by atoms with Crippen molar-refractivity contribution in [2.75, 3.05) is 20.1 Å². The van der Waals surface area contributed by atoms with Crippen LogP contribution in [0.15, 0.2) is 17.0 Å². The van der Waals surface area contributed by atoms with Crippen LogP contribution in [0.2, 0.25) is 0 Å². The van der Waals surface area contributed by atoms with E-state index in [2.05, 4.69) is 10.0 Å². The van der Waals surface area contributed by atoms with Gasteiger partial charge in [-0.3, -0.25) is 10.1 Å². The quantitative estimate of drug-likeness (QED) is 0.464. The van der Waals surface area contributed by atoms with Crippen LogP contribution in [0.25, 0.3) is 0 Å². The van der Waals surface area contributed by atoms with Gasteiger partial charge in [-0.15, -0.1) is 12.4 Å². The van der Waals surface area contributed by atoms with E-state index in [1.165, 1.54) is 6.92 Å². The Morgan fingerprint density at radius 1 is 1.20 bits per heavy atom. The predicted octanol–water partition coefficient (Wildman–Crippen LogP) is 1.13. The van der Waals surface area contributed by atoms with Crippen LogP contribution >= 0.6 is 12.4 Å². The molecule has 0 unspecified atom stereocenters. The van der Waals surface area contributed by atoms with Crippen LogP contribution in [-0.2, 0) is 10.0 Å². The number of hydrogen-bond donors (Lipinski definition) is 2. The fourth-order valence-corrected chi connectivity index (χ4v) is 3.22. The van der Waals surface area contributed by atoms with Gasteiger partial charge in [-0.05, 0) is 26.5 Å². The van der Waals surface area contributed by atoms with Crippen molar-refractivity contribution in [1.29, 1.82) is 0 Å². The summed E-state index contributed by atoms with van der Waals surface area (Å²) in [7, 11) is -2.20. The Morgan fingerprint density at radius 2 is 1.75 bits per heavy atom. The summed E-state index contributed by atoms with van der Waals surface area (Å²) >= 11 is 0. The molecule has 1 aromatic rings. The van der Waals surface area contributed by atoms with Crippen molar-refractivity contribution < 1.29 is 13.3 Å². The summed E-state index contributed by atoms with van der Waals surface area (Å²) in [6.45, 7) is 3.67. The lowest BCUT2D eigenvalue weighted by Crippen LogP contribution is -2.31. The lowest BCUT2D eigenvalue weighted by Gasteiger charge is -2.11. The first-order valence-electron chi connectivity index (χ1n) is 5.70. The van der Waals surface area contributed by atoms with E-state index in [1.807, 2.05) is 0 Å². The summed E-state index contributed by atoms with van der Waals surface area (Å²) in [5.41, 5.74) is 0.316. The molecule has 0 aliphatic rings. The lowest BCUT2D eigenvalue weighted by atomic mass is 10.1. The van der Waals surface area contributed by atoms with Crippen LogP contribution in [0, 0.1) is 24.0 Å². The Hall–Kier alpha value is -1.22. The summed E-state index contributed by atoms with van der Waals surface area (Å²) in [5.74, 6) is 0. The van der Waals surface area contributed by atoms with E-state index in [0.29, 0.717) is 17.7 Å². The molecule has 1 aromatic carbocycles. The van der Waals surface area contributed by atoms with Crippen LogP contribution in [-0.4, -0.2) is 33.5 Å². The fourth-order valence-electron chi connectivity index (χ4n) is 1.72. The fraction of sp³-hybridized carbons (Fsp3) is 0.455. The van der Waals surface area contributed by atoms with E-state index >= 15 is 0 Å². The molecule has 0 spiro atoms. The first-order valence-corrected chi connectivity index (χ1v) is 7.18. The Kier molecular flexibility index (Phi) is 7.07. The molecule has 0 saturated heterocycles. The normalized spacial score (nSPS) is 10.9. The third-order valence-corrected chi connectivity index (χ3v) is 4.29. The molecule has 2 N–H and O–H groups in total. The number of aryl methyl sites for hydroxylation is 2. The van der Waals surface area contributed by atoms with Gasteiger partial charge in [0.25, 0.3) is 5.69 Å². The number of likely N-dealkylation sites (N-methyl/N-ethyl adjacent to an activating group) is 1. The zero-order chi connectivity index (χ0) is 14.6. The van der Waals surface area contributed by atoms with Gasteiger partial charge in [0, 0.05) is 18.7 Å². The van der Waals surface area contributed by atoms with Gasteiger partial charge in [0.1, 0.15) is 0 Å². The van der Waals surface area contributed by atoms with Crippen LogP contribution in [0.3, 0.4) is 0 Å². The maximum absolute atomic E-state index is 12.2. The van der Waals surface area contributed by atoms with Crippen LogP contribution in [0.5, 0.6) is 0 Å². The zero-order valence-electron chi connectivity index (χ0n) is 11.5. The number of sulfonamides is 1. The maximum atomic E-state index is 12.2. The second-order valence-corrected chi connectivity index (χ2v) is 5.84.